The van der Waals surface area contributed by atoms with Crippen LogP contribution < -0.4 is 4.59 Å². The minimum absolute atomic E-state index is 0.792. The van der Waals surface area contributed by atoms with Crippen LogP contribution in [0.1, 0.15) is 11.1 Å². The van der Waals surface area contributed by atoms with Gasteiger partial charge in [-0.3, -0.25) is 0 Å². The van der Waals surface area contributed by atoms with Crippen molar-refractivity contribution in [1.82, 2.24) is 4.98 Å². The van der Waals surface area contributed by atoms with Crippen LogP contribution in [0.15, 0.2) is 42.6 Å². The molecule has 1 aliphatic heterocycles. The molecule has 3 rings (SSSR count). The minimum atomic E-state index is -0.792. The van der Waals surface area contributed by atoms with Crippen molar-refractivity contribution in [3.63, 3.8) is 0 Å². The summed E-state index contributed by atoms with van der Waals surface area (Å²) < 4.78 is 3.01. The van der Waals surface area contributed by atoms with Crippen molar-refractivity contribution in [1.29, 1.82) is 0 Å². The molecule has 1 radical (unpaired) electrons. The van der Waals surface area contributed by atoms with E-state index in [9.17, 15) is 0 Å². The Bertz CT molecular complexity index is 510. The summed E-state index contributed by atoms with van der Waals surface area (Å²) in [6, 6.07) is 12.9. The third-order valence-corrected chi connectivity index (χ3v) is 6.87. The Balaban J connectivity index is 2.08. The Kier molecular flexibility index (Phi) is 2.05. The summed E-state index contributed by atoms with van der Waals surface area (Å²) in [6.07, 6.45) is 4.38. The summed E-state index contributed by atoms with van der Waals surface area (Å²) in [5, 5.41) is 0. The number of benzene rings is 1. The second-order valence-corrected chi connectivity index (χ2v) is 7.57. The molecule has 0 aliphatic carbocycles. The van der Waals surface area contributed by atoms with E-state index >= 15 is 0 Å². The molecule has 0 spiro atoms. The fraction of sp³-hybridized carbons (Fsp3) is 0.0769. The van der Waals surface area contributed by atoms with Crippen molar-refractivity contribution in [3.8, 4) is 0 Å². The molecular formula is C13H12NSe. The summed E-state index contributed by atoms with van der Waals surface area (Å²) in [6.45, 7) is 0. The number of fused-ring (bicyclic) bond motifs is 1. The summed E-state index contributed by atoms with van der Waals surface area (Å²) in [4.78, 5) is 3.37. The van der Waals surface area contributed by atoms with Gasteiger partial charge in [0.1, 0.15) is 0 Å². The zero-order valence-corrected chi connectivity index (χ0v) is 10.2. The summed E-state index contributed by atoms with van der Waals surface area (Å²) in [5.74, 6) is 2.38. The molecule has 0 saturated carbocycles. The van der Waals surface area contributed by atoms with Crippen LogP contribution in [0.3, 0.4) is 0 Å². The Morgan fingerprint density at radius 2 is 1.87 bits per heavy atom. The molecule has 0 unspecified atom stereocenters. The van der Waals surface area contributed by atoms with Crippen LogP contribution in [0.4, 0.5) is 0 Å². The van der Waals surface area contributed by atoms with Gasteiger partial charge in [-0.2, -0.15) is 0 Å². The average molecular weight is 261 g/mol. The molecule has 0 fully saturated rings. The van der Waals surface area contributed by atoms with E-state index in [0.717, 1.165) is 0 Å². The first-order valence-corrected chi connectivity index (χ1v) is 8.39. The zero-order chi connectivity index (χ0) is 10.3. The van der Waals surface area contributed by atoms with Gasteiger partial charge in [-0.1, -0.05) is 0 Å². The number of aromatic amines is 1. The van der Waals surface area contributed by atoms with E-state index < -0.39 is 13.9 Å². The van der Waals surface area contributed by atoms with E-state index in [1.165, 1.54) is 20.2 Å². The van der Waals surface area contributed by atoms with Crippen LogP contribution >= 0.6 is 0 Å². The maximum atomic E-state index is 3.37. The number of hydrogen-bond donors (Lipinski definition) is 1. The number of H-pyrrole nitrogens is 1. The van der Waals surface area contributed by atoms with Crippen molar-refractivity contribution in [2.75, 3.05) is 0 Å². The Labute approximate surface area is 93.7 Å². The number of aromatic nitrogens is 1. The average Bonchev–Trinajstić information content (AvgIpc) is 2.83. The van der Waals surface area contributed by atoms with Crippen LogP contribution in [-0.4, -0.2) is 18.9 Å². The van der Waals surface area contributed by atoms with E-state index in [1.807, 2.05) is 6.20 Å². The quantitative estimate of drug-likeness (QED) is 0.759. The summed E-state index contributed by atoms with van der Waals surface area (Å²) in [5.41, 5.74) is 2.77. The van der Waals surface area contributed by atoms with Gasteiger partial charge in [0.2, 0.25) is 0 Å². The molecule has 1 aromatic carbocycles. The Hall–Kier alpha value is -1.24. The van der Waals surface area contributed by atoms with Crippen LogP contribution in [0, 0.1) is 0 Å². The fourth-order valence-corrected chi connectivity index (χ4v) is 5.59. The van der Waals surface area contributed by atoms with E-state index in [1.54, 1.807) is 0 Å². The molecule has 1 aromatic heterocycles. The van der Waals surface area contributed by atoms with Crippen LogP contribution in [0.5, 0.6) is 0 Å². The van der Waals surface area contributed by atoms with E-state index in [4.69, 9.17) is 0 Å². The van der Waals surface area contributed by atoms with Gasteiger partial charge < -0.3 is 0 Å². The molecule has 0 atom stereocenters. The van der Waals surface area contributed by atoms with E-state index in [0.29, 0.717) is 0 Å². The molecule has 75 valence electrons. The molecule has 2 aromatic rings. The molecule has 0 amide bonds. The predicted octanol–water partition coefficient (Wildman–Crippen LogP) is 2.44. The zero-order valence-electron chi connectivity index (χ0n) is 8.53. The molecule has 15 heavy (non-hydrogen) atoms. The molecule has 1 aliphatic rings. The number of nitrogens with one attached hydrogen (secondary N) is 1. The van der Waals surface area contributed by atoms with Crippen LogP contribution in [-0.2, 0) is 0 Å². The van der Waals surface area contributed by atoms with Gasteiger partial charge in [-0.25, -0.2) is 0 Å². The molecule has 0 saturated heterocycles. The van der Waals surface area contributed by atoms with Gasteiger partial charge in [0, 0.05) is 0 Å². The number of rotatable bonds is 1. The summed E-state index contributed by atoms with van der Waals surface area (Å²) in [7, 11) is 0. The van der Waals surface area contributed by atoms with Crippen molar-refractivity contribution >= 4 is 29.0 Å². The molecule has 2 heterocycles. The SMILES string of the molecule is C[Se]1C(c2ccccc2)=Cc2cc[nH]c21. The van der Waals surface area contributed by atoms with Gasteiger partial charge in [-0.15, -0.1) is 0 Å². The monoisotopic (exact) mass is 262 g/mol. The van der Waals surface area contributed by atoms with Crippen LogP contribution in [0.25, 0.3) is 10.5 Å². The van der Waals surface area contributed by atoms with Crippen molar-refractivity contribution in [2.24, 2.45) is 0 Å². The Morgan fingerprint density at radius 3 is 2.60 bits per heavy atom. The fourth-order valence-electron chi connectivity index (χ4n) is 1.95. The standard InChI is InChI=1S/C13H12NSe/c1-15-12(10-5-3-2-4-6-10)9-11-7-8-14-13(11)15/h2-9,14H,1H3. The van der Waals surface area contributed by atoms with Gasteiger partial charge in [-0.05, 0) is 0 Å². The van der Waals surface area contributed by atoms with E-state index in [-0.39, 0.29) is 0 Å². The van der Waals surface area contributed by atoms with Gasteiger partial charge >= 0.3 is 93.6 Å². The predicted molar refractivity (Wildman–Crippen MR) is 66.4 cm³/mol. The van der Waals surface area contributed by atoms with Gasteiger partial charge in [0.05, 0.1) is 0 Å². The first kappa shape index (κ1) is 9.02. The van der Waals surface area contributed by atoms with Gasteiger partial charge in [0.15, 0.2) is 0 Å². The first-order valence-electron chi connectivity index (χ1n) is 4.97. The normalized spacial score (nSPS) is 15.1. The van der Waals surface area contributed by atoms with Crippen molar-refractivity contribution < 1.29 is 0 Å². The summed E-state index contributed by atoms with van der Waals surface area (Å²) >= 11 is -0.792. The Morgan fingerprint density at radius 1 is 1.07 bits per heavy atom. The molecule has 1 nitrogen and oxygen atoms in total. The second kappa shape index (κ2) is 3.41. The van der Waals surface area contributed by atoms with Gasteiger partial charge in [0.25, 0.3) is 0 Å². The van der Waals surface area contributed by atoms with E-state index in [2.05, 4.69) is 53.3 Å². The third-order valence-electron chi connectivity index (χ3n) is 2.72. The second-order valence-electron chi connectivity index (χ2n) is 3.65. The molecule has 0 bridgehead atoms. The first-order chi connectivity index (χ1) is 7.36. The molecule has 1 N–H and O–H groups in total. The topological polar surface area (TPSA) is 15.8 Å². The molecule has 2 heteroatoms. The van der Waals surface area contributed by atoms with Crippen LogP contribution in [0.2, 0.25) is 5.82 Å². The van der Waals surface area contributed by atoms with Crippen molar-refractivity contribution in [2.45, 2.75) is 5.82 Å². The van der Waals surface area contributed by atoms with Crippen molar-refractivity contribution in [3.05, 3.63) is 53.7 Å². The number of hydrogen-bond acceptors (Lipinski definition) is 0. The maximum absolute atomic E-state index is 3.37. The third kappa shape index (κ3) is 1.38. The molecular weight excluding hydrogens is 249 g/mol.